The molecule has 2 heterocycles. The zero-order valence-corrected chi connectivity index (χ0v) is 12.7. The van der Waals surface area contributed by atoms with Gasteiger partial charge in [-0.1, -0.05) is 32.0 Å². The highest BCUT2D eigenvalue weighted by Crippen LogP contribution is 2.19. The molecule has 0 atom stereocenters. The predicted molar refractivity (Wildman–Crippen MR) is 84.0 cm³/mol. The summed E-state index contributed by atoms with van der Waals surface area (Å²) in [6.45, 7) is 5.83. The molecule has 0 radical (unpaired) electrons. The lowest BCUT2D eigenvalue weighted by Crippen LogP contribution is -2.22. The topological polar surface area (TPSA) is 47.7 Å². The summed E-state index contributed by atoms with van der Waals surface area (Å²) in [6.07, 6.45) is 3.92. The van der Waals surface area contributed by atoms with E-state index in [-0.39, 0.29) is 0 Å². The number of rotatable bonds is 5. The Labute approximate surface area is 124 Å². The molecule has 0 bridgehead atoms. The van der Waals surface area contributed by atoms with E-state index in [0.717, 1.165) is 24.3 Å². The van der Waals surface area contributed by atoms with Gasteiger partial charge in [0.05, 0.1) is 24.0 Å². The first-order valence-electron chi connectivity index (χ1n) is 7.29. The lowest BCUT2D eigenvalue weighted by molar-refractivity contribution is 0.573. The summed E-state index contributed by atoms with van der Waals surface area (Å²) in [5.74, 6) is 0. The average molecular weight is 283 g/mol. The third kappa shape index (κ3) is 2.97. The van der Waals surface area contributed by atoms with E-state index in [9.17, 15) is 0 Å². The van der Waals surface area contributed by atoms with Gasteiger partial charge < -0.3 is 5.32 Å². The second-order valence-electron chi connectivity index (χ2n) is 5.68. The smallest absolute Gasteiger partial charge is 0.0841 e. The number of nitrogens with one attached hydrogen (secondary N) is 1. The van der Waals surface area contributed by atoms with Gasteiger partial charge in [0.2, 0.25) is 0 Å². The van der Waals surface area contributed by atoms with E-state index < -0.39 is 0 Å². The van der Waals surface area contributed by atoms with Crippen molar-refractivity contribution in [2.24, 2.45) is 7.05 Å². The molecule has 5 heteroatoms. The number of hydrogen-bond donors (Lipinski definition) is 1. The van der Waals surface area contributed by atoms with Gasteiger partial charge >= 0.3 is 0 Å². The maximum Gasteiger partial charge on any atom is 0.0841 e. The van der Waals surface area contributed by atoms with Gasteiger partial charge in [0, 0.05) is 36.8 Å². The van der Waals surface area contributed by atoms with Crippen LogP contribution in [0.3, 0.4) is 0 Å². The molecule has 0 aliphatic rings. The molecule has 0 amide bonds. The Balaban J connectivity index is 1.94. The Morgan fingerprint density at radius 2 is 2.05 bits per heavy atom. The average Bonchev–Trinajstić information content (AvgIpc) is 3.02. The number of para-hydroxylation sites is 1. The maximum absolute atomic E-state index is 4.78. The monoisotopic (exact) mass is 283 g/mol. The molecule has 0 spiro atoms. The quantitative estimate of drug-likeness (QED) is 0.781. The highest BCUT2D eigenvalue weighted by atomic mass is 15.3. The maximum atomic E-state index is 4.78. The minimum Gasteiger partial charge on any atom is -0.309 e. The summed E-state index contributed by atoms with van der Waals surface area (Å²) in [6, 6.07) is 8.84. The van der Waals surface area contributed by atoms with Crippen LogP contribution in [0.15, 0.2) is 36.7 Å². The fraction of sp³-hybridized carbons (Fsp3) is 0.375. The Hall–Kier alpha value is -2.14. The molecule has 2 aromatic heterocycles. The van der Waals surface area contributed by atoms with Crippen LogP contribution in [0.2, 0.25) is 0 Å². The van der Waals surface area contributed by atoms with Crippen molar-refractivity contribution in [3.8, 4) is 0 Å². The molecule has 0 aliphatic carbocycles. The number of nitrogens with zero attached hydrogens (tertiary/aromatic N) is 4. The normalized spacial score (nSPS) is 11.6. The molecule has 5 nitrogen and oxygen atoms in total. The fourth-order valence-corrected chi connectivity index (χ4v) is 2.47. The van der Waals surface area contributed by atoms with Gasteiger partial charge in [-0.25, -0.2) is 0 Å². The number of hydrogen-bond acceptors (Lipinski definition) is 3. The van der Waals surface area contributed by atoms with Gasteiger partial charge in [-0.2, -0.15) is 10.2 Å². The van der Waals surface area contributed by atoms with Crippen LogP contribution in [-0.4, -0.2) is 25.6 Å². The predicted octanol–water partition coefficient (Wildman–Crippen LogP) is 2.32. The summed E-state index contributed by atoms with van der Waals surface area (Å²) in [5.41, 5.74) is 3.43. The number of benzene rings is 1. The van der Waals surface area contributed by atoms with Crippen molar-refractivity contribution in [1.82, 2.24) is 24.9 Å². The lowest BCUT2D eigenvalue weighted by atomic mass is 10.2. The third-order valence-electron chi connectivity index (χ3n) is 3.50. The molecule has 3 aromatic rings. The second kappa shape index (κ2) is 5.69. The number of aromatic nitrogens is 4. The minimum absolute atomic E-state index is 0.451. The third-order valence-corrected chi connectivity index (χ3v) is 3.50. The molecule has 3 rings (SSSR count). The van der Waals surface area contributed by atoms with Gasteiger partial charge in [-0.15, -0.1) is 0 Å². The zero-order valence-electron chi connectivity index (χ0n) is 12.7. The molecule has 0 saturated carbocycles. The summed E-state index contributed by atoms with van der Waals surface area (Å²) < 4.78 is 3.88. The lowest BCUT2D eigenvalue weighted by Gasteiger charge is -2.05. The zero-order chi connectivity index (χ0) is 14.8. The fourth-order valence-electron chi connectivity index (χ4n) is 2.47. The molecule has 1 aromatic carbocycles. The van der Waals surface area contributed by atoms with E-state index in [4.69, 9.17) is 5.10 Å². The SMILES string of the molecule is CC(C)NCc1nn(Cc2cnn(C)c2)c2ccccc12. The van der Waals surface area contributed by atoms with Crippen LogP contribution in [0.5, 0.6) is 0 Å². The Bertz CT molecular complexity index is 738. The van der Waals surface area contributed by atoms with Crippen LogP contribution < -0.4 is 5.32 Å². The van der Waals surface area contributed by atoms with Crippen molar-refractivity contribution in [2.45, 2.75) is 33.0 Å². The molecular weight excluding hydrogens is 262 g/mol. The van der Waals surface area contributed by atoms with E-state index in [1.165, 1.54) is 10.9 Å². The Morgan fingerprint density at radius 1 is 1.24 bits per heavy atom. The first-order valence-corrected chi connectivity index (χ1v) is 7.29. The van der Waals surface area contributed by atoms with Crippen molar-refractivity contribution in [2.75, 3.05) is 0 Å². The molecule has 0 aliphatic heterocycles. The molecule has 1 N–H and O–H groups in total. The van der Waals surface area contributed by atoms with Gasteiger partial charge in [0.15, 0.2) is 0 Å². The summed E-state index contributed by atoms with van der Waals surface area (Å²) in [5, 5.41) is 13.7. The highest BCUT2D eigenvalue weighted by Gasteiger charge is 2.11. The molecule has 0 saturated heterocycles. The summed E-state index contributed by atoms with van der Waals surface area (Å²) in [4.78, 5) is 0. The van der Waals surface area contributed by atoms with Crippen LogP contribution in [0.1, 0.15) is 25.1 Å². The van der Waals surface area contributed by atoms with Crippen molar-refractivity contribution in [1.29, 1.82) is 0 Å². The van der Waals surface area contributed by atoms with E-state index in [0.29, 0.717) is 6.04 Å². The van der Waals surface area contributed by atoms with Gasteiger partial charge in [-0.3, -0.25) is 9.36 Å². The largest absolute Gasteiger partial charge is 0.309 e. The van der Waals surface area contributed by atoms with Crippen molar-refractivity contribution >= 4 is 10.9 Å². The number of fused-ring (bicyclic) bond motifs is 1. The Kier molecular flexibility index (Phi) is 3.75. The minimum atomic E-state index is 0.451. The van der Waals surface area contributed by atoms with Crippen LogP contribution >= 0.6 is 0 Å². The van der Waals surface area contributed by atoms with Crippen molar-refractivity contribution in [3.05, 3.63) is 47.9 Å². The molecule has 0 fully saturated rings. The van der Waals surface area contributed by atoms with Gasteiger partial charge in [0.25, 0.3) is 0 Å². The van der Waals surface area contributed by atoms with Gasteiger partial charge in [-0.05, 0) is 6.07 Å². The van der Waals surface area contributed by atoms with E-state index in [1.54, 1.807) is 0 Å². The molecular formula is C16H21N5. The molecule has 21 heavy (non-hydrogen) atoms. The Morgan fingerprint density at radius 3 is 2.76 bits per heavy atom. The highest BCUT2D eigenvalue weighted by molar-refractivity contribution is 5.82. The van der Waals surface area contributed by atoms with Crippen LogP contribution in [0.25, 0.3) is 10.9 Å². The van der Waals surface area contributed by atoms with E-state index in [1.807, 2.05) is 24.1 Å². The van der Waals surface area contributed by atoms with Crippen LogP contribution in [0.4, 0.5) is 0 Å². The summed E-state index contributed by atoms with van der Waals surface area (Å²) in [7, 11) is 1.93. The number of aryl methyl sites for hydroxylation is 1. The van der Waals surface area contributed by atoms with E-state index in [2.05, 4.69) is 53.2 Å². The van der Waals surface area contributed by atoms with Crippen molar-refractivity contribution < 1.29 is 0 Å². The van der Waals surface area contributed by atoms with Crippen LogP contribution in [-0.2, 0) is 20.1 Å². The first-order chi connectivity index (χ1) is 10.1. The van der Waals surface area contributed by atoms with E-state index >= 15 is 0 Å². The van der Waals surface area contributed by atoms with Crippen LogP contribution in [0, 0.1) is 0 Å². The standard InChI is InChI=1S/C16H21N5/c1-12(2)17-9-15-14-6-4-5-7-16(14)21(19-15)11-13-8-18-20(3)10-13/h4-8,10,12,17H,9,11H2,1-3H3. The summed E-state index contributed by atoms with van der Waals surface area (Å²) >= 11 is 0. The van der Waals surface area contributed by atoms with Crippen molar-refractivity contribution in [3.63, 3.8) is 0 Å². The molecule has 0 unspecified atom stereocenters. The second-order valence-corrected chi connectivity index (χ2v) is 5.68. The molecule has 110 valence electrons. The first kappa shape index (κ1) is 13.8. The van der Waals surface area contributed by atoms with Gasteiger partial charge in [0.1, 0.15) is 0 Å².